The summed E-state index contributed by atoms with van der Waals surface area (Å²) in [5, 5.41) is 3.82. The number of fused-ring (bicyclic) bond motifs is 6. The Morgan fingerprint density at radius 2 is 1.26 bits per heavy atom. The number of pyridine rings is 1. The topological polar surface area (TPSA) is 17.8 Å². The minimum absolute atomic E-state index is 1.06. The maximum atomic E-state index is 4.59. The van der Waals surface area contributed by atoms with Crippen molar-refractivity contribution in [2.24, 2.45) is 0 Å². The Labute approximate surface area is 202 Å². The molecule has 0 saturated carbocycles. The zero-order valence-corrected chi connectivity index (χ0v) is 18.9. The molecule has 0 bridgehead atoms. The Morgan fingerprint density at radius 1 is 0.486 bits per heavy atom. The largest absolute Gasteiger partial charge is 0.309 e. The van der Waals surface area contributed by atoms with E-state index in [-0.39, 0.29) is 0 Å². The summed E-state index contributed by atoms with van der Waals surface area (Å²) in [5.74, 6) is 0. The molecule has 2 heteroatoms. The van der Waals surface area contributed by atoms with Crippen molar-refractivity contribution in [3.05, 3.63) is 121 Å². The SMILES string of the molecule is c1ccc(-n2c3ccccc3c3cc(-c4ccc5c(c4)-c4ccnc6cccc-5c46)ccc32)cc1. The van der Waals surface area contributed by atoms with Crippen molar-refractivity contribution in [1.29, 1.82) is 0 Å². The summed E-state index contributed by atoms with van der Waals surface area (Å²) in [4.78, 5) is 4.59. The molecule has 2 heterocycles. The molecule has 2 nitrogen and oxygen atoms in total. The van der Waals surface area contributed by atoms with Crippen LogP contribution in [0.25, 0.3) is 71.8 Å². The van der Waals surface area contributed by atoms with E-state index in [1.165, 1.54) is 66.3 Å². The van der Waals surface area contributed by atoms with E-state index in [0.29, 0.717) is 0 Å². The Morgan fingerprint density at radius 3 is 2.20 bits per heavy atom. The van der Waals surface area contributed by atoms with Gasteiger partial charge in [0.1, 0.15) is 0 Å². The van der Waals surface area contributed by atoms with Gasteiger partial charge in [-0.05, 0) is 81.9 Å². The molecule has 0 amide bonds. The smallest absolute Gasteiger partial charge is 0.0714 e. The summed E-state index contributed by atoms with van der Waals surface area (Å²) in [6.07, 6.45) is 1.92. The molecular weight excluding hydrogens is 424 g/mol. The third kappa shape index (κ3) is 2.57. The van der Waals surface area contributed by atoms with Gasteiger partial charge in [0.25, 0.3) is 0 Å². The number of hydrogen-bond acceptors (Lipinski definition) is 1. The van der Waals surface area contributed by atoms with Gasteiger partial charge < -0.3 is 4.57 Å². The van der Waals surface area contributed by atoms with Crippen LogP contribution in [0.1, 0.15) is 0 Å². The maximum absolute atomic E-state index is 4.59. The molecule has 0 unspecified atom stereocenters. The second kappa shape index (κ2) is 6.91. The van der Waals surface area contributed by atoms with Crippen molar-refractivity contribution in [3.8, 4) is 39.1 Å². The molecule has 0 N–H and O–H groups in total. The zero-order chi connectivity index (χ0) is 22.9. The van der Waals surface area contributed by atoms with Gasteiger partial charge in [0.2, 0.25) is 0 Å². The van der Waals surface area contributed by atoms with Crippen LogP contribution < -0.4 is 0 Å². The van der Waals surface area contributed by atoms with Crippen molar-refractivity contribution in [1.82, 2.24) is 9.55 Å². The van der Waals surface area contributed by atoms with E-state index >= 15 is 0 Å². The second-order valence-corrected chi connectivity index (χ2v) is 9.24. The van der Waals surface area contributed by atoms with Crippen molar-refractivity contribution in [2.45, 2.75) is 0 Å². The molecule has 7 aromatic rings. The average Bonchev–Trinajstić information content (AvgIpc) is 3.43. The molecule has 1 aliphatic rings. The van der Waals surface area contributed by atoms with E-state index in [2.05, 4.69) is 125 Å². The molecule has 5 aromatic carbocycles. The van der Waals surface area contributed by atoms with Gasteiger partial charge >= 0.3 is 0 Å². The number of nitrogens with zero attached hydrogens (tertiary/aromatic N) is 2. The molecule has 0 aliphatic heterocycles. The van der Waals surface area contributed by atoms with Gasteiger partial charge in [-0.15, -0.1) is 0 Å². The lowest BCUT2D eigenvalue weighted by molar-refractivity contribution is 1.18. The van der Waals surface area contributed by atoms with E-state index in [0.717, 1.165) is 5.52 Å². The van der Waals surface area contributed by atoms with Crippen LogP contribution in [0.5, 0.6) is 0 Å². The first kappa shape index (κ1) is 18.7. The van der Waals surface area contributed by atoms with Crippen LogP contribution in [0.15, 0.2) is 121 Å². The molecule has 8 rings (SSSR count). The molecule has 0 saturated heterocycles. The summed E-state index contributed by atoms with van der Waals surface area (Å²) >= 11 is 0. The zero-order valence-electron chi connectivity index (χ0n) is 18.9. The number of rotatable bonds is 2. The third-order valence-electron chi connectivity index (χ3n) is 7.39. The van der Waals surface area contributed by atoms with Gasteiger partial charge in [0.05, 0.1) is 16.6 Å². The van der Waals surface area contributed by atoms with Gasteiger partial charge in [0.15, 0.2) is 0 Å². The predicted molar refractivity (Wildman–Crippen MR) is 146 cm³/mol. The molecular formula is C33H20N2. The van der Waals surface area contributed by atoms with Gasteiger partial charge in [-0.3, -0.25) is 4.98 Å². The fourth-order valence-corrected chi connectivity index (χ4v) is 5.84. The third-order valence-corrected chi connectivity index (χ3v) is 7.39. The van der Waals surface area contributed by atoms with Gasteiger partial charge in [-0.1, -0.05) is 66.7 Å². The van der Waals surface area contributed by atoms with Crippen molar-refractivity contribution in [2.75, 3.05) is 0 Å². The van der Waals surface area contributed by atoms with E-state index in [9.17, 15) is 0 Å². The summed E-state index contributed by atoms with van der Waals surface area (Å²) in [6.45, 7) is 0. The van der Waals surface area contributed by atoms with E-state index in [1.807, 2.05) is 6.20 Å². The summed E-state index contributed by atoms with van der Waals surface area (Å²) in [7, 11) is 0. The second-order valence-electron chi connectivity index (χ2n) is 9.24. The maximum Gasteiger partial charge on any atom is 0.0714 e. The lowest BCUT2D eigenvalue weighted by Gasteiger charge is -2.09. The van der Waals surface area contributed by atoms with Crippen LogP contribution in [-0.4, -0.2) is 9.55 Å². The van der Waals surface area contributed by atoms with E-state index in [4.69, 9.17) is 0 Å². The molecule has 0 fully saturated rings. The first-order valence-electron chi connectivity index (χ1n) is 12.0. The first-order valence-corrected chi connectivity index (χ1v) is 12.0. The van der Waals surface area contributed by atoms with Crippen molar-refractivity contribution in [3.63, 3.8) is 0 Å². The van der Waals surface area contributed by atoms with Gasteiger partial charge in [0, 0.05) is 28.0 Å². The highest BCUT2D eigenvalue weighted by molar-refractivity contribution is 6.15. The van der Waals surface area contributed by atoms with Crippen molar-refractivity contribution < 1.29 is 0 Å². The van der Waals surface area contributed by atoms with Crippen molar-refractivity contribution >= 4 is 32.7 Å². The molecule has 0 radical (unpaired) electrons. The van der Waals surface area contributed by atoms with E-state index in [1.54, 1.807) is 0 Å². The molecule has 0 spiro atoms. The average molecular weight is 445 g/mol. The minimum atomic E-state index is 1.06. The summed E-state index contributed by atoms with van der Waals surface area (Å²) < 4.78 is 2.36. The summed E-state index contributed by atoms with van der Waals surface area (Å²) in [6, 6.07) is 41.6. The number of hydrogen-bond donors (Lipinski definition) is 0. The fraction of sp³-hybridized carbons (Fsp3) is 0. The quantitative estimate of drug-likeness (QED) is 0.261. The fourth-order valence-electron chi connectivity index (χ4n) is 5.84. The monoisotopic (exact) mass is 444 g/mol. The van der Waals surface area contributed by atoms with Crippen LogP contribution in [0.3, 0.4) is 0 Å². The Hall–Kier alpha value is -4.69. The molecule has 0 atom stereocenters. The highest BCUT2D eigenvalue weighted by Crippen LogP contribution is 2.48. The summed E-state index contributed by atoms with van der Waals surface area (Å²) in [5.41, 5.74) is 12.3. The first-order chi connectivity index (χ1) is 17.4. The molecule has 2 aromatic heterocycles. The normalized spacial score (nSPS) is 12.0. The standard InChI is InChI=1S/C33H20N2/c1-2-7-23(8-3-1)35-31-12-5-4-9-25(31)29-20-22(14-16-32(29)35)21-13-15-24-26-10-6-11-30-33(26)27(17-18-34-30)28(24)19-21/h1-20H. The minimum Gasteiger partial charge on any atom is -0.309 e. The van der Waals surface area contributed by atoms with Crippen LogP contribution in [0.4, 0.5) is 0 Å². The number of para-hydroxylation sites is 2. The van der Waals surface area contributed by atoms with Gasteiger partial charge in [-0.2, -0.15) is 0 Å². The van der Waals surface area contributed by atoms with E-state index < -0.39 is 0 Å². The highest BCUT2D eigenvalue weighted by atomic mass is 15.0. The van der Waals surface area contributed by atoms with Crippen LogP contribution in [0, 0.1) is 0 Å². The lowest BCUT2D eigenvalue weighted by atomic mass is 9.96. The van der Waals surface area contributed by atoms with Gasteiger partial charge in [-0.25, -0.2) is 0 Å². The Bertz CT molecular complexity index is 1940. The van der Waals surface area contributed by atoms with Crippen LogP contribution >= 0.6 is 0 Å². The Kier molecular flexibility index (Phi) is 3.69. The van der Waals surface area contributed by atoms with Crippen LogP contribution in [-0.2, 0) is 0 Å². The molecule has 1 aliphatic carbocycles. The highest BCUT2D eigenvalue weighted by Gasteiger charge is 2.22. The molecule has 162 valence electrons. The Balaban J connectivity index is 1.35. The van der Waals surface area contributed by atoms with Crippen LogP contribution in [0.2, 0.25) is 0 Å². The molecule has 35 heavy (non-hydrogen) atoms. The number of aromatic nitrogens is 2. The predicted octanol–water partition coefficient (Wildman–Crippen LogP) is 8.65. The lowest BCUT2D eigenvalue weighted by Crippen LogP contribution is -1.92. The number of benzene rings is 5.